The second-order valence-electron chi connectivity index (χ2n) is 4.06. The summed E-state index contributed by atoms with van der Waals surface area (Å²) < 4.78 is 0. The first-order valence-corrected chi connectivity index (χ1v) is 6.95. The van der Waals surface area contributed by atoms with Gasteiger partial charge in [-0.25, -0.2) is 0 Å². The van der Waals surface area contributed by atoms with Crippen LogP contribution in [0.2, 0.25) is 5.02 Å². The third kappa shape index (κ3) is 2.92. The van der Waals surface area contributed by atoms with Crippen LogP contribution < -0.4 is 5.73 Å². The van der Waals surface area contributed by atoms with Crippen molar-refractivity contribution in [3.63, 3.8) is 0 Å². The average molecular weight is 280 g/mol. The van der Waals surface area contributed by atoms with E-state index in [1.54, 1.807) is 29.5 Å². The summed E-state index contributed by atoms with van der Waals surface area (Å²) in [6, 6.07) is 9.07. The van der Waals surface area contributed by atoms with Crippen LogP contribution in [0.1, 0.15) is 27.0 Å². The molecule has 0 aliphatic carbocycles. The lowest BCUT2D eigenvalue weighted by atomic mass is 10.1. The van der Waals surface area contributed by atoms with Crippen molar-refractivity contribution in [3.05, 3.63) is 50.7 Å². The predicted octanol–water partition coefficient (Wildman–Crippen LogP) is 3.97. The number of rotatable bonds is 4. The molecule has 0 amide bonds. The fraction of sp³-hybridized carbons (Fsp3) is 0.214. The number of hydrogen-bond donors (Lipinski definition) is 1. The van der Waals surface area contributed by atoms with E-state index in [0.29, 0.717) is 22.7 Å². The molecule has 1 heterocycles. The molecular formula is C14H14ClNOS. The fourth-order valence-electron chi connectivity index (χ4n) is 1.72. The van der Waals surface area contributed by atoms with E-state index in [-0.39, 0.29) is 5.78 Å². The average Bonchev–Trinajstić information content (AvgIpc) is 2.76. The lowest BCUT2D eigenvalue weighted by Crippen LogP contribution is -2.03. The molecule has 0 unspecified atom stereocenters. The number of nitrogen functional groups attached to an aromatic ring is 1. The Hall–Kier alpha value is -1.32. The summed E-state index contributed by atoms with van der Waals surface area (Å²) >= 11 is 7.70. The number of carbonyl (C=O) groups excluding carboxylic acids is 1. The Morgan fingerprint density at radius 2 is 2.00 bits per heavy atom. The second kappa shape index (κ2) is 5.55. The van der Waals surface area contributed by atoms with Crippen molar-refractivity contribution in [3.8, 4) is 0 Å². The van der Waals surface area contributed by atoms with Gasteiger partial charge in [-0.15, -0.1) is 11.3 Å². The molecule has 0 atom stereocenters. The summed E-state index contributed by atoms with van der Waals surface area (Å²) in [5.74, 6) is 0.0319. The smallest absolute Gasteiger partial charge is 0.169 e. The minimum Gasteiger partial charge on any atom is -0.399 e. The van der Waals surface area contributed by atoms with E-state index in [9.17, 15) is 4.79 Å². The normalized spacial score (nSPS) is 10.6. The zero-order chi connectivity index (χ0) is 13.1. The summed E-state index contributed by atoms with van der Waals surface area (Å²) in [5.41, 5.74) is 6.72. The molecule has 0 spiro atoms. The van der Waals surface area contributed by atoms with Crippen LogP contribution in [0.25, 0.3) is 0 Å². The lowest BCUT2D eigenvalue weighted by molar-refractivity contribution is 0.0994. The van der Waals surface area contributed by atoms with Crippen LogP contribution in [0.15, 0.2) is 30.3 Å². The van der Waals surface area contributed by atoms with E-state index in [1.807, 2.05) is 6.07 Å². The van der Waals surface area contributed by atoms with E-state index in [2.05, 4.69) is 13.0 Å². The van der Waals surface area contributed by atoms with E-state index < -0.39 is 0 Å². The van der Waals surface area contributed by atoms with Crippen LogP contribution in [0.4, 0.5) is 5.69 Å². The first-order valence-electron chi connectivity index (χ1n) is 5.76. The number of carbonyl (C=O) groups is 1. The Balaban J connectivity index is 2.16. The largest absolute Gasteiger partial charge is 0.399 e. The molecule has 2 aromatic rings. The molecule has 0 saturated heterocycles. The predicted molar refractivity (Wildman–Crippen MR) is 77.6 cm³/mol. The molecule has 2 N–H and O–H groups in total. The lowest BCUT2D eigenvalue weighted by Gasteiger charge is -2.03. The molecule has 1 aromatic heterocycles. The molecule has 0 aliphatic heterocycles. The number of Topliss-reactive ketones (excluding diaryl/α,β-unsaturated/α-hetero) is 1. The van der Waals surface area contributed by atoms with E-state index in [0.717, 1.165) is 11.3 Å². The molecule has 0 aliphatic rings. The molecule has 94 valence electrons. The number of anilines is 1. The molecule has 4 heteroatoms. The quantitative estimate of drug-likeness (QED) is 0.680. The Morgan fingerprint density at radius 1 is 1.28 bits per heavy atom. The maximum Gasteiger partial charge on any atom is 0.169 e. The van der Waals surface area contributed by atoms with Gasteiger partial charge in [0, 0.05) is 27.4 Å². The van der Waals surface area contributed by atoms with Gasteiger partial charge in [0.15, 0.2) is 5.78 Å². The van der Waals surface area contributed by atoms with Crippen molar-refractivity contribution in [2.24, 2.45) is 0 Å². The van der Waals surface area contributed by atoms with Gasteiger partial charge in [0.05, 0.1) is 5.02 Å². The fourth-order valence-corrected chi connectivity index (χ4v) is 2.97. The van der Waals surface area contributed by atoms with Gasteiger partial charge in [0.1, 0.15) is 0 Å². The highest BCUT2D eigenvalue weighted by Gasteiger charge is 2.12. The van der Waals surface area contributed by atoms with Gasteiger partial charge in [0.2, 0.25) is 0 Å². The first kappa shape index (κ1) is 13.1. The van der Waals surface area contributed by atoms with Crippen LogP contribution in [-0.4, -0.2) is 5.78 Å². The first-order chi connectivity index (χ1) is 8.60. The molecule has 1 aromatic carbocycles. The molecule has 2 rings (SSSR count). The Labute approximate surface area is 115 Å². The van der Waals surface area contributed by atoms with Crippen molar-refractivity contribution in [2.75, 3.05) is 5.73 Å². The van der Waals surface area contributed by atoms with Gasteiger partial charge in [-0.2, -0.15) is 0 Å². The summed E-state index contributed by atoms with van der Waals surface area (Å²) in [5, 5.41) is 0.423. The monoisotopic (exact) mass is 279 g/mol. The summed E-state index contributed by atoms with van der Waals surface area (Å²) in [6.07, 6.45) is 1.40. The van der Waals surface area contributed by atoms with Crippen molar-refractivity contribution >= 4 is 34.4 Å². The topological polar surface area (TPSA) is 43.1 Å². The Kier molecular flexibility index (Phi) is 4.04. The number of nitrogens with two attached hydrogens (primary N) is 1. The summed E-state index contributed by atoms with van der Waals surface area (Å²) in [4.78, 5) is 14.5. The van der Waals surface area contributed by atoms with Gasteiger partial charge < -0.3 is 5.73 Å². The standard InChI is InChI=1S/C14H14ClNOS/c1-2-10-4-5-11(18-10)8-14(17)12-6-3-9(16)7-13(12)15/h3-7H,2,8,16H2,1H3. The minimum absolute atomic E-state index is 0.0319. The van der Waals surface area contributed by atoms with Crippen molar-refractivity contribution < 1.29 is 4.79 Å². The van der Waals surface area contributed by atoms with Gasteiger partial charge >= 0.3 is 0 Å². The van der Waals surface area contributed by atoms with E-state index in [1.165, 1.54) is 4.88 Å². The van der Waals surface area contributed by atoms with Crippen molar-refractivity contribution in [1.29, 1.82) is 0 Å². The molecular weight excluding hydrogens is 266 g/mol. The zero-order valence-corrected chi connectivity index (χ0v) is 11.6. The van der Waals surface area contributed by atoms with Crippen LogP contribution in [0.3, 0.4) is 0 Å². The zero-order valence-electron chi connectivity index (χ0n) is 10.1. The number of benzene rings is 1. The number of thiophene rings is 1. The van der Waals surface area contributed by atoms with Crippen molar-refractivity contribution in [1.82, 2.24) is 0 Å². The third-order valence-corrected chi connectivity index (χ3v) is 4.24. The number of ketones is 1. The maximum absolute atomic E-state index is 12.1. The third-order valence-electron chi connectivity index (χ3n) is 2.69. The van der Waals surface area contributed by atoms with Gasteiger partial charge in [0.25, 0.3) is 0 Å². The SMILES string of the molecule is CCc1ccc(CC(=O)c2ccc(N)cc2Cl)s1. The Morgan fingerprint density at radius 3 is 2.61 bits per heavy atom. The highest BCUT2D eigenvalue weighted by atomic mass is 35.5. The molecule has 18 heavy (non-hydrogen) atoms. The second-order valence-corrected chi connectivity index (χ2v) is 5.72. The Bertz CT molecular complexity index is 577. The number of hydrogen-bond acceptors (Lipinski definition) is 3. The highest BCUT2D eigenvalue weighted by molar-refractivity contribution is 7.12. The molecule has 0 radical (unpaired) electrons. The number of halogens is 1. The highest BCUT2D eigenvalue weighted by Crippen LogP contribution is 2.23. The number of aryl methyl sites for hydroxylation is 1. The van der Waals surface area contributed by atoms with Gasteiger partial charge in [-0.3, -0.25) is 4.79 Å². The van der Waals surface area contributed by atoms with Crippen molar-refractivity contribution in [2.45, 2.75) is 19.8 Å². The van der Waals surface area contributed by atoms with Crippen LogP contribution in [0, 0.1) is 0 Å². The summed E-state index contributed by atoms with van der Waals surface area (Å²) in [6.45, 7) is 2.11. The summed E-state index contributed by atoms with van der Waals surface area (Å²) in [7, 11) is 0. The van der Waals surface area contributed by atoms with Gasteiger partial charge in [-0.05, 0) is 36.8 Å². The molecule has 0 saturated carbocycles. The van der Waals surface area contributed by atoms with E-state index in [4.69, 9.17) is 17.3 Å². The van der Waals surface area contributed by atoms with Crippen LogP contribution >= 0.6 is 22.9 Å². The molecule has 0 bridgehead atoms. The minimum atomic E-state index is 0.0319. The van der Waals surface area contributed by atoms with E-state index >= 15 is 0 Å². The van der Waals surface area contributed by atoms with Gasteiger partial charge in [-0.1, -0.05) is 18.5 Å². The van der Waals surface area contributed by atoms with Crippen LogP contribution in [0.5, 0.6) is 0 Å². The molecule has 2 nitrogen and oxygen atoms in total. The molecule has 0 fully saturated rings. The maximum atomic E-state index is 12.1. The van der Waals surface area contributed by atoms with Crippen LogP contribution in [-0.2, 0) is 12.8 Å².